The SMILES string of the molecule is Cl.Cl.O=C(c1cc(CC2CCNC2)ccc1F)N1CCc2ncccc2C1. The van der Waals surface area contributed by atoms with Crippen LogP contribution in [0.25, 0.3) is 0 Å². The average molecular weight is 412 g/mol. The Kier molecular flexibility index (Phi) is 7.59. The Bertz CT molecular complexity index is 797. The van der Waals surface area contributed by atoms with E-state index in [1.807, 2.05) is 12.1 Å². The van der Waals surface area contributed by atoms with Crippen molar-refractivity contribution in [1.29, 1.82) is 0 Å². The maximum Gasteiger partial charge on any atom is 0.257 e. The molecule has 7 heteroatoms. The minimum atomic E-state index is -0.435. The van der Waals surface area contributed by atoms with Crippen LogP contribution in [-0.2, 0) is 19.4 Å². The lowest BCUT2D eigenvalue weighted by atomic mass is 9.96. The van der Waals surface area contributed by atoms with Gasteiger partial charge in [0.05, 0.1) is 5.56 Å². The van der Waals surface area contributed by atoms with Crippen LogP contribution in [0.5, 0.6) is 0 Å². The topological polar surface area (TPSA) is 45.2 Å². The van der Waals surface area contributed by atoms with E-state index in [2.05, 4.69) is 10.3 Å². The van der Waals surface area contributed by atoms with Gasteiger partial charge in [-0.05, 0) is 61.2 Å². The molecule has 2 aromatic rings. The Morgan fingerprint density at radius 3 is 2.93 bits per heavy atom. The van der Waals surface area contributed by atoms with E-state index in [-0.39, 0.29) is 36.3 Å². The number of benzene rings is 1. The van der Waals surface area contributed by atoms with Crippen LogP contribution in [0, 0.1) is 11.7 Å². The van der Waals surface area contributed by atoms with Gasteiger partial charge in [0.2, 0.25) is 0 Å². The van der Waals surface area contributed by atoms with Gasteiger partial charge in [-0.15, -0.1) is 24.8 Å². The number of nitrogens with one attached hydrogen (secondary N) is 1. The van der Waals surface area contributed by atoms with Crippen molar-refractivity contribution in [1.82, 2.24) is 15.2 Å². The molecule has 1 aromatic carbocycles. The van der Waals surface area contributed by atoms with Gasteiger partial charge in [-0.25, -0.2) is 4.39 Å². The van der Waals surface area contributed by atoms with Gasteiger partial charge in [-0.2, -0.15) is 0 Å². The lowest BCUT2D eigenvalue weighted by Gasteiger charge is -2.28. The fourth-order valence-electron chi connectivity index (χ4n) is 3.79. The molecule has 146 valence electrons. The van der Waals surface area contributed by atoms with Crippen molar-refractivity contribution in [3.63, 3.8) is 0 Å². The number of hydrogen-bond donors (Lipinski definition) is 1. The highest BCUT2D eigenvalue weighted by Crippen LogP contribution is 2.22. The number of rotatable bonds is 3. The zero-order valence-corrected chi connectivity index (χ0v) is 16.6. The fraction of sp³-hybridized carbons (Fsp3) is 0.400. The molecular weight excluding hydrogens is 388 g/mol. The van der Waals surface area contributed by atoms with Crippen molar-refractivity contribution in [2.24, 2.45) is 5.92 Å². The Hall–Kier alpha value is -1.69. The van der Waals surface area contributed by atoms with Crippen molar-refractivity contribution < 1.29 is 9.18 Å². The summed E-state index contributed by atoms with van der Waals surface area (Å²) in [6.07, 6.45) is 4.52. The number of aromatic nitrogens is 1. The van der Waals surface area contributed by atoms with Crippen LogP contribution in [0.1, 0.15) is 33.6 Å². The summed E-state index contributed by atoms with van der Waals surface area (Å²) in [5, 5.41) is 3.35. The van der Waals surface area contributed by atoms with Crippen LogP contribution >= 0.6 is 24.8 Å². The largest absolute Gasteiger partial charge is 0.334 e. The van der Waals surface area contributed by atoms with Gasteiger partial charge in [-0.3, -0.25) is 9.78 Å². The number of pyridine rings is 1. The number of nitrogens with zero attached hydrogens (tertiary/aromatic N) is 2. The third kappa shape index (κ3) is 4.78. The standard InChI is InChI=1S/C20H22FN3O.2ClH/c21-18-4-3-14(10-15-5-8-22-12-15)11-17(18)20(25)24-9-6-19-16(13-24)2-1-7-23-19;;/h1-4,7,11,15,22H,5-6,8-10,12-13H2;2*1H. The van der Waals surface area contributed by atoms with Crippen molar-refractivity contribution in [3.05, 3.63) is 64.7 Å². The first-order chi connectivity index (χ1) is 12.2. The van der Waals surface area contributed by atoms with Crippen LogP contribution in [0.4, 0.5) is 4.39 Å². The van der Waals surface area contributed by atoms with Crippen LogP contribution < -0.4 is 5.32 Å². The summed E-state index contributed by atoms with van der Waals surface area (Å²) in [6, 6.07) is 8.85. The molecular formula is C20H24Cl2FN3O. The summed E-state index contributed by atoms with van der Waals surface area (Å²) >= 11 is 0. The Morgan fingerprint density at radius 1 is 1.30 bits per heavy atom. The maximum atomic E-state index is 14.3. The van der Waals surface area contributed by atoms with Gasteiger partial charge in [0.15, 0.2) is 0 Å². The molecule has 1 fully saturated rings. The molecule has 0 spiro atoms. The lowest BCUT2D eigenvalue weighted by Crippen LogP contribution is -2.36. The van der Waals surface area contributed by atoms with E-state index in [0.29, 0.717) is 19.0 Å². The van der Waals surface area contributed by atoms with Gasteiger partial charge < -0.3 is 10.2 Å². The molecule has 1 aromatic heterocycles. The average Bonchev–Trinajstić information content (AvgIpc) is 3.15. The summed E-state index contributed by atoms with van der Waals surface area (Å²) in [6.45, 7) is 3.12. The molecule has 1 N–H and O–H groups in total. The summed E-state index contributed by atoms with van der Waals surface area (Å²) in [7, 11) is 0. The van der Waals surface area contributed by atoms with E-state index in [1.165, 1.54) is 6.07 Å². The Labute approximate surface area is 171 Å². The van der Waals surface area contributed by atoms with Crippen LogP contribution in [0.2, 0.25) is 0 Å². The second-order valence-electron chi connectivity index (χ2n) is 6.96. The zero-order chi connectivity index (χ0) is 17.2. The number of carbonyl (C=O) groups excluding carboxylic acids is 1. The molecule has 0 bridgehead atoms. The van der Waals surface area contributed by atoms with Gasteiger partial charge in [0.25, 0.3) is 5.91 Å². The first-order valence-electron chi connectivity index (χ1n) is 8.92. The number of halogens is 3. The minimum Gasteiger partial charge on any atom is -0.334 e. The highest BCUT2D eigenvalue weighted by atomic mass is 35.5. The molecule has 0 saturated carbocycles. The predicted molar refractivity (Wildman–Crippen MR) is 108 cm³/mol. The summed E-state index contributed by atoms with van der Waals surface area (Å²) < 4.78 is 14.3. The van der Waals surface area contributed by atoms with Crippen LogP contribution in [-0.4, -0.2) is 35.4 Å². The predicted octanol–water partition coefficient (Wildman–Crippen LogP) is 3.41. The molecule has 1 unspecified atom stereocenters. The molecule has 0 radical (unpaired) electrons. The fourth-order valence-corrected chi connectivity index (χ4v) is 3.79. The Balaban J connectivity index is 0.00000131. The second-order valence-corrected chi connectivity index (χ2v) is 6.96. The molecule has 2 aliphatic heterocycles. The Morgan fingerprint density at radius 2 is 2.15 bits per heavy atom. The van der Waals surface area contributed by atoms with Gasteiger partial charge in [0, 0.05) is 31.4 Å². The van der Waals surface area contributed by atoms with Gasteiger partial charge >= 0.3 is 0 Å². The van der Waals surface area contributed by atoms with E-state index in [9.17, 15) is 9.18 Å². The lowest BCUT2D eigenvalue weighted by molar-refractivity contribution is 0.0728. The highest BCUT2D eigenvalue weighted by Gasteiger charge is 2.25. The van der Waals surface area contributed by atoms with Crippen molar-refractivity contribution in [3.8, 4) is 0 Å². The number of hydrogen-bond acceptors (Lipinski definition) is 3. The first-order valence-corrected chi connectivity index (χ1v) is 8.92. The molecule has 3 heterocycles. The molecule has 1 amide bonds. The second kappa shape index (κ2) is 9.49. The minimum absolute atomic E-state index is 0. The van der Waals surface area contributed by atoms with Crippen LogP contribution in [0.3, 0.4) is 0 Å². The first kappa shape index (κ1) is 21.6. The van der Waals surface area contributed by atoms with Crippen molar-refractivity contribution >= 4 is 30.7 Å². The molecule has 0 aliphatic carbocycles. The highest BCUT2D eigenvalue weighted by molar-refractivity contribution is 5.94. The molecule has 27 heavy (non-hydrogen) atoms. The molecule has 1 saturated heterocycles. The van der Waals surface area contributed by atoms with Crippen LogP contribution in [0.15, 0.2) is 36.5 Å². The third-order valence-electron chi connectivity index (χ3n) is 5.20. The maximum absolute atomic E-state index is 14.3. The van der Waals surface area contributed by atoms with E-state index < -0.39 is 5.82 Å². The van der Waals surface area contributed by atoms with Gasteiger partial charge in [0.1, 0.15) is 5.82 Å². The summed E-state index contributed by atoms with van der Waals surface area (Å²) in [5.74, 6) is -0.0879. The summed E-state index contributed by atoms with van der Waals surface area (Å²) in [5.41, 5.74) is 3.32. The van der Waals surface area contributed by atoms with E-state index >= 15 is 0 Å². The quantitative estimate of drug-likeness (QED) is 0.841. The van der Waals surface area contributed by atoms with E-state index in [4.69, 9.17) is 0 Å². The van der Waals surface area contributed by atoms with Gasteiger partial charge in [-0.1, -0.05) is 12.1 Å². The third-order valence-corrected chi connectivity index (χ3v) is 5.20. The van der Waals surface area contributed by atoms with E-state index in [1.54, 1.807) is 23.2 Å². The normalized spacial score (nSPS) is 18.3. The summed E-state index contributed by atoms with van der Waals surface area (Å²) in [4.78, 5) is 19.0. The number of fused-ring (bicyclic) bond motifs is 1. The molecule has 4 nitrogen and oxygen atoms in total. The van der Waals surface area contributed by atoms with Crippen molar-refractivity contribution in [2.45, 2.75) is 25.8 Å². The zero-order valence-electron chi connectivity index (χ0n) is 15.0. The smallest absolute Gasteiger partial charge is 0.257 e. The van der Waals surface area contributed by atoms with Crippen molar-refractivity contribution in [2.75, 3.05) is 19.6 Å². The molecule has 4 rings (SSSR count). The molecule has 2 aliphatic rings. The monoisotopic (exact) mass is 411 g/mol. The number of amides is 1. The molecule has 1 atom stereocenters. The van der Waals surface area contributed by atoms with E-state index in [0.717, 1.165) is 49.2 Å². The number of carbonyl (C=O) groups is 1.